The quantitative estimate of drug-likeness (QED) is 0.878. The lowest BCUT2D eigenvalue weighted by molar-refractivity contribution is 0.1000. The van der Waals surface area contributed by atoms with E-state index in [1.807, 2.05) is 48.6 Å². The molecule has 1 aromatic heterocycles. The summed E-state index contributed by atoms with van der Waals surface area (Å²) in [6, 6.07) is 5.74. The lowest BCUT2D eigenvalue weighted by atomic mass is 9.97. The fourth-order valence-corrected chi connectivity index (χ4v) is 4.84. The first-order chi connectivity index (χ1) is 11.2. The molecule has 1 atom stereocenters. The summed E-state index contributed by atoms with van der Waals surface area (Å²) in [5.41, 5.74) is 10.5. The molecule has 2 aromatic rings. The molecular weight excluding hydrogens is 320 g/mol. The van der Waals surface area contributed by atoms with Crippen molar-refractivity contribution < 1.29 is 4.79 Å². The SMILES string of the molecule is Cc1cc(C(N)=O)ccc1C1SC(C)(C)CNc2c1c(C)nn2C. The number of hydrogen-bond donors (Lipinski definition) is 2. The third-order valence-corrected chi connectivity index (χ3v) is 5.99. The van der Waals surface area contributed by atoms with E-state index >= 15 is 0 Å². The Balaban J connectivity index is 2.16. The van der Waals surface area contributed by atoms with Crippen LogP contribution in [0.4, 0.5) is 5.82 Å². The zero-order valence-corrected chi connectivity index (χ0v) is 15.6. The predicted octanol–water partition coefficient (Wildman–Crippen LogP) is 3.16. The number of carbonyl (C=O) groups excluding carboxylic acids is 1. The lowest BCUT2D eigenvalue weighted by Gasteiger charge is -2.27. The van der Waals surface area contributed by atoms with Crippen molar-refractivity contribution in [2.45, 2.75) is 37.7 Å². The van der Waals surface area contributed by atoms with Gasteiger partial charge in [0.25, 0.3) is 0 Å². The molecule has 1 amide bonds. The highest BCUT2D eigenvalue weighted by Gasteiger charge is 2.35. The van der Waals surface area contributed by atoms with Crippen molar-refractivity contribution in [3.05, 3.63) is 46.1 Å². The number of nitrogens with one attached hydrogen (secondary N) is 1. The van der Waals surface area contributed by atoms with Crippen LogP contribution in [0, 0.1) is 13.8 Å². The minimum atomic E-state index is -0.390. The molecule has 2 heterocycles. The van der Waals surface area contributed by atoms with E-state index in [0.29, 0.717) is 5.56 Å². The van der Waals surface area contributed by atoms with Crippen LogP contribution in [0.15, 0.2) is 18.2 Å². The molecule has 3 N–H and O–H groups in total. The number of primary amides is 1. The van der Waals surface area contributed by atoms with Gasteiger partial charge in [-0.15, -0.1) is 11.8 Å². The molecule has 0 fully saturated rings. The Kier molecular flexibility index (Phi) is 4.11. The molecule has 6 heteroatoms. The molecule has 1 aliphatic heterocycles. The first kappa shape index (κ1) is 16.9. The maximum Gasteiger partial charge on any atom is 0.248 e. The summed E-state index contributed by atoms with van der Waals surface area (Å²) in [6.45, 7) is 9.47. The second-order valence-electron chi connectivity index (χ2n) is 7.02. The molecule has 0 spiro atoms. The number of aryl methyl sites for hydroxylation is 3. The van der Waals surface area contributed by atoms with Gasteiger partial charge in [-0.1, -0.05) is 6.07 Å². The Morgan fingerprint density at radius 1 is 1.42 bits per heavy atom. The normalized spacial score (nSPS) is 19.3. The van der Waals surface area contributed by atoms with E-state index < -0.39 is 5.91 Å². The summed E-state index contributed by atoms with van der Waals surface area (Å²) < 4.78 is 2.00. The van der Waals surface area contributed by atoms with Crippen LogP contribution < -0.4 is 11.1 Å². The van der Waals surface area contributed by atoms with Crippen molar-refractivity contribution >= 4 is 23.5 Å². The van der Waals surface area contributed by atoms with Crippen molar-refractivity contribution in [3.63, 3.8) is 0 Å². The Hall–Kier alpha value is -1.95. The molecule has 0 bridgehead atoms. The molecule has 1 aliphatic rings. The minimum absolute atomic E-state index is 0.0743. The van der Waals surface area contributed by atoms with Gasteiger partial charge in [-0.3, -0.25) is 9.48 Å². The molecule has 3 rings (SSSR count). The van der Waals surface area contributed by atoms with Gasteiger partial charge >= 0.3 is 0 Å². The van der Waals surface area contributed by atoms with Gasteiger partial charge in [0.05, 0.1) is 10.9 Å². The zero-order chi connectivity index (χ0) is 17.6. The number of nitrogens with two attached hydrogens (primary N) is 1. The Morgan fingerprint density at radius 2 is 2.12 bits per heavy atom. The fourth-order valence-electron chi connectivity index (χ4n) is 3.26. The summed E-state index contributed by atoms with van der Waals surface area (Å²) in [6.07, 6.45) is 0. The number of hydrogen-bond acceptors (Lipinski definition) is 4. The van der Waals surface area contributed by atoms with Crippen LogP contribution in [0.3, 0.4) is 0 Å². The highest BCUT2D eigenvalue weighted by molar-refractivity contribution is 8.01. The standard InChI is InChI=1S/C18H24N4OS/c1-10-8-12(16(19)23)6-7-13(10)15-14-11(2)21-22(5)17(14)20-9-18(3,4)24-15/h6-8,15,20H,9H2,1-5H3,(H2,19,23). The summed E-state index contributed by atoms with van der Waals surface area (Å²) in [5, 5.41) is 8.33. The van der Waals surface area contributed by atoms with Gasteiger partial charge in [-0.25, -0.2) is 0 Å². The number of fused-ring (bicyclic) bond motifs is 1. The number of rotatable bonds is 2. The van der Waals surface area contributed by atoms with Gasteiger partial charge in [-0.2, -0.15) is 5.10 Å². The molecular formula is C18H24N4OS. The van der Waals surface area contributed by atoms with Crippen LogP contribution in [0.25, 0.3) is 0 Å². The second-order valence-corrected chi connectivity index (χ2v) is 8.83. The summed E-state index contributed by atoms with van der Waals surface area (Å²) in [7, 11) is 1.97. The van der Waals surface area contributed by atoms with Crippen LogP contribution >= 0.6 is 11.8 Å². The van der Waals surface area contributed by atoms with Gasteiger partial charge in [0.2, 0.25) is 5.91 Å². The van der Waals surface area contributed by atoms with Gasteiger partial charge in [0.15, 0.2) is 0 Å². The molecule has 0 saturated carbocycles. The molecule has 128 valence electrons. The van der Waals surface area contributed by atoms with Crippen molar-refractivity contribution in [1.29, 1.82) is 0 Å². The number of carbonyl (C=O) groups is 1. The van der Waals surface area contributed by atoms with Crippen molar-refractivity contribution in [2.24, 2.45) is 12.8 Å². The van der Waals surface area contributed by atoms with Crippen LogP contribution in [0.2, 0.25) is 0 Å². The average Bonchev–Trinajstić information content (AvgIpc) is 2.67. The number of aromatic nitrogens is 2. The summed E-state index contributed by atoms with van der Waals surface area (Å²) in [4.78, 5) is 11.4. The number of thioether (sulfide) groups is 1. The Bertz CT molecular complexity index is 810. The molecule has 1 aromatic carbocycles. The topological polar surface area (TPSA) is 72.9 Å². The highest BCUT2D eigenvalue weighted by atomic mass is 32.2. The Labute approximate surface area is 147 Å². The number of nitrogens with zero attached hydrogens (tertiary/aromatic N) is 2. The largest absolute Gasteiger partial charge is 0.369 e. The zero-order valence-electron chi connectivity index (χ0n) is 14.8. The van der Waals surface area contributed by atoms with E-state index in [-0.39, 0.29) is 10.00 Å². The highest BCUT2D eigenvalue weighted by Crippen LogP contribution is 2.49. The van der Waals surface area contributed by atoms with Gasteiger partial charge < -0.3 is 11.1 Å². The van der Waals surface area contributed by atoms with Gasteiger partial charge in [0, 0.05) is 29.5 Å². The first-order valence-corrected chi connectivity index (χ1v) is 8.93. The summed E-state index contributed by atoms with van der Waals surface area (Å²) >= 11 is 1.93. The third-order valence-electron chi connectivity index (χ3n) is 4.49. The van der Waals surface area contributed by atoms with Crippen LogP contribution in [-0.4, -0.2) is 27.0 Å². The lowest BCUT2D eigenvalue weighted by Crippen LogP contribution is -2.26. The molecule has 5 nitrogen and oxygen atoms in total. The van der Waals surface area contributed by atoms with Gasteiger partial charge in [-0.05, 0) is 51.0 Å². The number of amides is 1. The van der Waals surface area contributed by atoms with Crippen LogP contribution in [0.5, 0.6) is 0 Å². The number of anilines is 1. The molecule has 1 unspecified atom stereocenters. The smallest absolute Gasteiger partial charge is 0.248 e. The van der Waals surface area contributed by atoms with Gasteiger partial charge in [0.1, 0.15) is 5.82 Å². The van der Waals surface area contributed by atoms with Crippen molar-refractivity contribution in [1.82, 2.24) is 9.78 Å². The van der Waals surface area contributed by atoms with E-state index in [2.05, 4.69) is 31.2 Å². The van der Waals surface area contributed by atoms with E-state index in [4.69, 9.17) is 5.73 Å². The maximum atomic E-state index is 11.4. The first-order valence-electron chi connectivity index (χ1n) is 8.05. The Morgan fingerprint density at radius 3 is 2.75 bits per heavy atom. The van der Waals surface area contributed by atoms with E-state index in [9.17, 15) is 4.79 Å². The molecule has 24 heavy (non-hydrogen) atoms. The molecule has 0 saturated heterocycles. The van der Waals surface area contributed by atoms with Crippen LogP contribution in [0.1, 0.15) is 51.8 Å². The van der Waals surface area contributed by atoms with E-state index in [0.717, 1.165) is 23.6 Å². The third kappa shape index (κ3) is 2.90. The average molecular weight is 344 g/mol. The maximum absolute atomic E-state index is 11.4. The van der Waals surface area contributed by atoms with Crippen LogP contribution in [-0.2, 0) is 7.05 Å². The fraction of sp³-hybridized carbons (Fsp3) is 0.444. The van der Waals surface area contributed by atoms with E-state index in [1.54, 1.807) is 0 Å². The monoisotopic (exact) mass is 344 g/mol. The summed E-state index contributed by atoms with van der Waals surface area (Å²) in [5.74, 6) is 0.687. The second kappa shape index (κ2) is 5.84. The van der Waals surface area contributed by atoms with Crippen molar-refractivity contribution in [2.75, 3.05) is 11.9 Å². The van der Waals surface area contributed by atoms with Crippen molar-refractivity contribution in [3.8, 4) is 0 Å². The van der Waals surface area contributed by atoms with E-state index in [1.165, 1.54) is 11.1 Å². The number of benzene rings is 1. The predicted molar refractivity (Wildman–Crippen MR) is 99.6 cm³/mol. The molecule has 0 radical (unpaired) electrons. The molecule has 0 aliphatic carbocycles. The minimum Gasteiger partial charge on any atom is -0.369 e.